The fourth-order valence-electron chi connectivity index (χ4n) is 1.55. The molecule has 4 nitrogen and oxygen atoms in total. The SMILES string of the molecule is Cc1cc(O[C@@H]2CN[C@H](C)C2)no1. The summed E-state index contributed by atoms with van der Waals surface area (Å²) < 4.78 is 10.5. The molecule has 0 bridgehead atoms. The van der Waals surface area contributed by atoms with E-state index in [9.17, 15) is 0 Å². The summed E-state index contributed by atoms with van der Waals surface area (Å²) in [4.78, 5) is 0. The van der Waals surface area contributed by atoms with Gasteiger partial charge >= 0.3 is 0 Å². The molecule has 0 aliphatic carbocycles. The summed E-state index contributed by atoms with van der Waals surface area (Å²) in [6.45, 7) is 4.90. The summed E-state index contributed by atoms with van der Waals surface area (Å²) in [5.41, 5.74) is 0. The second-order valence-corrected chi connectivity index (χ2v) is 3.56. The topological polar surface area (TPSA) is 47.3 Å². The Hall–Kier alpha value is -1.03. The molecule has 1 aromatic heterocycles. The Labute approximate surface area is 77.2 Å². The summed E-state index contributed by atoms with van der Waals surface area (Å²) in [6.07, 6.45) is 1.27. The van der Waals surface area contributed by atoms with E-state index in [1.54, 1.807) is 0 Å². The number of hydrogen-bond donors (Lipinski definition) is 1. The number of nitrogens with one attached hydrogen (secondary N) is 1. The van der Waals surface area contributed by atoms with E-state index >= 15 is 0 Å². The van der Waals surface area contributed by atoms with Gasteiger partial charge in [0.2, 0.25) is 0 Å². The predicted octanol–water partition coefficient (Wildman–Crippen LogP) is 1.11. The summed E-state index contributed by atoms with van der Waals surface area (Å²) in [6, 6.07) is 2.35. The van der Waals surface area contributed by atoms with Crippen molar-refractivity contribution < 1.29 is 9.26 Å². The molecule has 1 N–H and O–H groups in total. The molecule has 2 atom stereocenters. The largest absolute Gasteiger partial charge is 0.471 e. The van der Waals surface area contributed by atoms with Crippen LogP contribution in [0.2, 0.25) is 0 Å². The zero-order valence-corrected chi connectivity index (χ0v) is 7.91. The maximum absolute atomic E-state index is 5.60. The molecule has 13 heavy (non-hydrogen) atoms. The van der Waals surface area contributed by atoms with E-state index in [-0.39, 0.29) is 6.10 Å². The number of ether oxygens (including phenoxy) is 1. The van der Waals surface area contributed by atoms with Gasteiger partial charge < -0.3 is 14.6 Å². The number of aryl methyl sites for hydroxylation is 1. The molecule has 72 valence electrons. The summed E-state index contributed by atoms with van der Waals surface area (Å²) in [7, 11) is 0. The van der Waals surface area contributed by atoms with Gasteiger partial charge in [-0.25, -0.2) is 0 Å². The van der Waals surface area contributed by atoms with Crippen molar-refractivity contribution in [1.29, 1.82) is 0 Å². The first-order valence-electron chi connectivity index (χ1n) is 4.57. The van der Waals surface area contributed by atoms with E-state index < -0.39 is 0 Å². The normalized spacial score (nSPS) is 27.8. The highest BCUT2D eigenvalue weighted by atomic mass is 16.5. The molecule has 1 fully saturated rings. The van der Waals surface area contributed by atoms with Crippen molar-refractivity contribution in [2.45, 2.75) is 32.4 Å². The van der Waals surface area contributed by atoms with Crippen LogP contribution in [0, 0.1) is 6.92 Å². The summed E-state index contributed by atoms with van der Waals surface area (Å²) in [5, 5.41) is 7.09. The lowest BCUT2D eigenvalue weighted by atomic mass is 10.2. The first-order valence-corrected chi connectivity index (χ1v) is 4.57. The number of aromatic nitrogens is 1. The van der Waals surface area contributed by atoms with Crippen LogP contribution in [0.4, 0.5) is 0 Å². The fourth-order valence-corrected chi connectivity index (χ4v) is 1.55. The third-order valence-electron chi connectivity index (χ3n) is 2.20. The lowest BCUT2D eigenvalue weighted by molar-refractivity contribution is 0.199. The van der Waals surface area contributed by atoms with Gasteiger partial charge in [0.05, 0.1) is 0 Å². The first kappa shape index (κ1) is 8.56. The van der Waals surface area contributed by atoms with Crippen LogP contribution < -0.4 is 10.1 Å². The van der Waals surface area contributed by atoms with Crippen LogP contribution in [0.1, 0.15) is 19.1 Å². The Kier molecular flexibility index (Phi) is 2.22. The maximum Gasteiger partial charge on any atom is 0.254 e. The van der Waals surface area contributed by atoms with Gasteiger partial charge in [-0.1, -0.05) is 0 Å². The third-order valence-corrected chi connectivity index (χ3v) is 2.20. The Balaban J connectivity index is 1.91. The average Bonchev–Trinajstić information content (AvgIpc) is 2.62. The molecule has 0 unspecified atom stereocenters. The van der Waals surface area contributed by atoms with Crippen molar-refractivity contribution in [2.75, 3.05) is 6.54 Å². The van der Waals surface area contributed by atoms with Crippen molar-refractivity contribution in [2.24, 2.45) is 0 Å². The Bertz CT molecular complexity index is 285. The maximum atomic E-state index is 5.60. The van der Waals surface area contributed by atoms with E-state index in [1.807, 2.05) is 13.0 Å². The van der Waals surface area contributed by atoms with Gasteiger partial charge in [0.15, 0.2) is 0 Å². The van der Waals surface area contributed by atoms with Crippen molar-refractivity contribution in [3.05, 3.63) is 11.8 Å². The van der Waals surface area contributed by atoms with E-state index in [0.717, 1.165) is 18.7 Å². The van der Waals surface area contributed by atoms with Gasteiger partial charge in [-0.05, 0) is 19.0 Å². The molecule has 1 aliphatic heterocycles. The van der Waals surface area contributed by atoms with Gasteiger partial charge in [0, 0.05) is 25.1 Å². The van der Waals surface area contributed by atoms with Gasteiger partial charge in [-0.3, -0.25) is 0 Å². The molecule has 2 rings (SSSR count). The molecular weight excluding hydrogens is 168 g/mol. The highest BCUT2D eigenvalue weighted by Crippen LogP contribution is 2.16. The quantitative estimate of drug-likeness (QED) is 0.744. The minimum absolute atomic E-state index is 0.236. The van der Waals surface area contributed by atoms with Crippen LogP contribution >= 0.6 is 0 Å². The molecule has 4 heteroatoms. The number of nitrogens with zero attached hydrogens (tertiary/aromatic N) is 1. The van der Waals surface area contributed by atoms with Gasteiger partial charge in [-0.2, -0.15) is 0 Å². The second-order valence-electron chi connectivity index (χ2n) is 3.56. The molecule has 1 saturated heterocycles. The molecule has 0 spiro atoms. The van der Waals surface area contributed by atoms with Crippen LogP contribution in [-0.4, -0.2) is 23.8 Å². The van der Waals surface area contributed by atoms with Crippen LogP contribution in [-0.2, 0) is 0 Å². The Morgan fingerprint density at radius 2 is 2.54 bits per heavy atom. The van der Waals surface area contributed by atoms with Crippen molar-refractivity contribution >= 4 is 0 Å². The Morgan fingerprint density at radius 3 is 3.08 bits per heavy atom. The summed E-state index contributed by atoms with van der Waals surface area (Å²) in [5.74, 6) is 1.38. The van der Waals surface area contributed by atoms with Gasteiger partial charge in [0.1, 0.15) is 11.9 Å². The minimum atomic E-state index is 0.236. The van der Waals surface area contributed by atoms with Crippen molar-refractivity contribution in [1.82, 2.24) is 10.5 Å². The Morgan fingerprint density at radius 1 is 1.69 bits per heavy atom. The van der Waals surface area contributed by atoms with E-state index in [2.05, 4.69) is 17.4 Å². The lowest BCUT2D eigenvalue weighted by Gasteiger charge is -2.08. The zero-order valence-electron chi connectivity index (χ0n) is 7.91. The van der Waals surface area contributed by atoms with E-state index in [0.29, 0.717) is 11.9 Å². The van der Waals surface area contributed by atoms with Crippen LogP contribution in [0.25, 0.3) is 0 Å². The molecule has 2 heterocycles. The fraction of sp³-hybridized carbons (Fsp3) is 0.667. The summed E-state index contributed by atoms with van der Waals surface area (Å²) >= 11 is 0. The third kappa shape index (κ3) is 2.01. The molecule has 1 aromatic rings. The molecule has 1 aliphatic rings. The predicted molar refractivity (Wildman–Crippen MR) is 47.7 cm³/mol. The molecule has 0 amide bonds. The molecular formula is C9H14N2O2. The van der Waals surface area contributed by atoms with E-state index in [1.165, 1.54) is 0 Å². The minimum Gasteiger partial charge on any atom is -0.471 e. The molecule has 0 radical (unpaired) electrons. The van der Waals surface area contributed by atoms with Crippen LogP contribution in [0.5, 0.6) is 5.88 Å². The van der Waals surface area contributed by atoms with Gasteiger partial charge in [0.25, 0.3) is 5.88 Å². The smallest absolute Gasteiger partial charge is 0.254 e. The number of rotatable bonds is 2. The van der Waals surface area contributed by atoms with Crippen molar-refractivity contribution in [3.63, 3.8) is 0 Å². The molecule has 0 saturated carbocycles. The van der Waals surface area contributed by atoms with Gasteiger partial charge in [-0.15, -0.1) is 0 Å². The monoisotopic (exact) mass is 182 g/mol. The average molecular weight is 182 g/mol. The highest BCUT2D eigenvalue weighted by Gasteiger charge is 2.22. The standard InChI is InChI=1S/C9H14N2O2/c1-6-3-8(5-10-6)12-9-4-7(2)13-11-9/h4,6,8,10H,3,5H2,1-2H3/t6-,8+/m1/s1. The zero-order chi connectivity index (χ0) is 9.26. The van der Waals surface area contributed by atoms with Crippen molar-refractivity contribution in [3.8, 4) is 5.88 Å². The lowest BCUT2D eigenvalue weighted by Crippen LogP contribution is -2.20. The molecule has 0 aromatic carbocycles. The first-order chi connectivity index (χ1) is 6.24. The van der Waals surface area contributed by atoms with Crippen LogP contribution in [0.15, 0.2) is 10.6 Å². The van der Waals surface area contributed by atoms with E-state index in [4.69, 9.17) is 9.26 Å². The number of hydrogen-bond acceptors (Lipinski definition) is 4. The van der Waals surface area contributed by atoms with Crippen LogP contribution in [0.3, 0.4) is 0 Å². The second kappa shape index (κ2) is 3.38. The highest BCUT2D eigenvalue weighted by molar-refractivity contribution is 5.10.